The number of rotatable bonds is 3. The van der Waals surface area contributed by atoms with E-state index in [1.54, 1.807) is 12.4 Å². The van der Waals surface area contributed by atoms with Gasteiger partial charge in [0.15, 0.2) is 5.75 Å². The standard InChI is InChI=1S/C23H16FN3O3S.ClH/c1-30-21-17(12-2-3-13-10-25-7-6-11(13)8-12)16(24)9-15-19(21)27(14-4-5-14)23-18(20(15)28)22(29)26-31-23;/h2-3,6-10,14H,4-5H2,1H3,(H,26,29);1H. The van der Waals surface area contributed by atoms with Gasteiger partial charge in [0.05, 0.1) is 23.6 Å². The van der Waals surface area contributed by atoms with Crippen molar-refractivity contribution < 1.29 is 9.13 Å². The number of aromatic nitrogens is 3. The van der Waals surface area contributed by atoms with Gasteiger partial charge in [0.25, 0.3) is 5.56 Å². The monoisotopic (exact) mass is 469 g/mol. The summed E-state index contributed by atoms with van der Waals surface area (Å²) in [6.07, 6.45) is 5.30. The lowest BCUT2D eigenvalue weighted by Crippen LogP contribution is -2.16. The maximum absolute atomic E-state index is 15.5. The Balaban J connectivity index is 0.00000216. The average molecular weight is 470 g/mol. The number of hydrogen-bond acceptors (Lipinski definition) is 5. The van der Waals surface area contributed by atoms with Crippen LogP contribution in [0.4, 0.5) is 4.39 Å². The van der Waals surface area contributed by atoms with Gasteiger partial charge in [-0.25, -0.2) is 4.39 Å². The molecule has 3 aromatic heterocycles. The molecule has 3 heterocycles. The molecule has 6 nitrogen and oxygen atoms in total. The van der Waals surface area contributed by atoms with E-state index in [1.165, 1.54) is 13.2 Å². The molecule has 0 saturated heterocycles. The third kappa shape index (κ3) is 2.87. The summed E-state index contributed by atoms with van der Waals surface area (Å²) in [4.78, 5) is 30.2. The van der Waals surface area contributed by atoms with Crippen molar-refractivity contribution in [3.8, 4) is 16.9 Å². The van der Waals surface area contributed by atoms with Crippen molar-refractivity contribution in [2.45, 2.75) is 18.9 Å². The minimum Gasteiger partial charge on any atom is -0.494 e. The minimum absolute atomic E-state index is 0. The number of benzene rings is 2. The van der Waals surface area contributed by atoms with Crippen LogP contribution in [0.1, 0.15) is 18.9 Å². The van der Waals surface area contributed by atoms with Gasteiger partial charge >= 0.3 is 0 Å². The van der Waals surface area contributed by atoms with E-state index in [-0.39, 0.29) is 29.2 Å². The molecule has 32 heavy (non-hydrogen) atoms. The average Bonchev–Trinajstić information content (AvgIpc) is 3.55. The zero-order valence-corrected chi connectivity index (χ0v) is 18.5. The quantitative estimate of drug-likeness (QED) is 0.402. The Labute approximate surface area is 190 Å². The highest BCUT2D eigenvalue weighted by Crippen LogP contribution is 2.45. The fourth-order valence-electron chi connectivity index (χ4n) is 4.32. The molecule has 0 aliphatic heterocycles. The molecule has 2 aromatic carbocycles. The summed E-state index contributed by atoms with van der Waals surface area (Å²) in [6, 6.07) is 8.84. The van der Waals surface area contributed by atoms with Crippen LogP contribution in [0.15, 0.2) is 52.3 Å². The van der Waals surface area contributed by atoms with Crippen molar-refractivity contribution >= 4 is 55.8 Å². The summed E-state index contributed by atoms with van der Waals surface area (Å²) < 4.78 is 25.9. The molecule has 9 heteroatoms. The van der Waals surface area contributed by atoms with Gasteiger partial charge in [-0.3, -0.25) is 18.9 Å². The summed E-state index contributed by atoms with van der Waals surface area (Å²) >= 11 is 1.13. The van der Waals surface area contributed by atoms with Crippen molar-refractivity contribution in [3.05, 3.63) is 69.1 Å². The topological polar surface area (TPSA) is 77.0 Å². The van der Waals surface area contributed by atoms with E-state index < -0.39 is 16.8 Å². The number of nitrogens with zero attached hydrogens (tertiary/aromatic N) is 2. The van der Waals surface area contributed by atoms with Crippen LogP contribution in [0.3, 0.4) is 0 Å². The number of aromatic amines is 1. The van der Waals surface area contributed by atoms with Crippen LogP contribution < -0.4 is 15.7 Å². The molecule has 1 fully saturated rings. The van der Waals surface area contributed by atoms with Gasteiger partial charge in [-0.15, -0.1) is 12.4 Å². The number of methoxy groups -OCH3 is 1. The first-order valence-corrected chi connectivity index (χ1v) is 10.7. The van der Waals surface area contributed by atoms with Crippen LogP contribution >= 0.6 is 23.9 Å². The van der Waals surface area contributed by atoms with E-state index in [0.717, 1.165) is 35.1 Å². The lowest BCUT2D eigenvalue weighted by molar-refractivity contribution is 0.416. The Kier molecular flexibility index (Phi) is 4.79. The van der Waals surface area contributed by atoms with E-state index in [0.29, 0.717) is 27.2 Å². The van der Waals surface area contributed by atoms with Gasteiger partial charge < -0.3 is 9.30 Å². The molecule has 0 amide bonds. The molecule has 0 bridgehead atoms. The van der Waals surface area contributed by atoms with E-state index >= 15 is 4.39 Å². The fraction of sp³-hybridized carbons (Fsp3) is 0.174. The molecule has 1 aliphatic carbocycles. The Bertz CT molecular complexity index is 1650. The lowest BCUT2D eigenvalue weighted by Gasteiger charge is -2.18. The Morgan fingerprint density at radius 3 is 2.75 bits per heavy atom. The molecule has 0 atom stereocenters. The number of hydrogen-bond donors (Lipinski definition) is 1. The van der Waals surface area contributed by atoms with Gasteiger partial charge in [-0.2, -0.15) is 0 Å². The number of fused-ring (bicyclic) bond motifs is 3. The highest BCUT2D eigenvalue weighted by Gasteiger charge is 2.31. The highest BCUT2D eigenvalue weighted by atomic mass is 35.5. The van der Waals surface area contributed by atoms with Crippen molar-refractivity contribution in [2.75, 3.05) is 7.11 Å². The van der Waals surface area contributed by atoms with Crippen LogP contribution in [0.2, 0.25) is 0 Å². The third-order valence-corrected chi connectivity index (χ3v) is 6.75. The number of pyridine rings is 2. The molecular weight excluding hydrogens is 453 g/mol. The third-order valence-electron chi connectivity index (χ3n) is 5.87. The van der Waals surface area contributed by atoms with Gasteiger partial charge in [-0.05, 0) is 53.5 Å². The molecule has 1 saturated carbocycles. The Hall–Kier alpha value is -3.23. The predicted octanol–water partition coefficient (Wildman–Crippen LogP) is 5.02. The molecule has 0 radical (unpaired) electrons. The first-order chi connectivity index (χ1) is 15.1. The van der Waals surface area contributed by atoms with Crippen LogP contribution in [0, 0.1) is 5.82 Å². The first kappa shape index (κ1) is 20.7. The van der Waals surface area contributed by atoms with E-state index in [9.17, 15) is 9.59 Å². The van der Waals surface area contributed by atoms with Gasteiger partial charge in [0.2, 0.25) is 5.43 Å². The second kappa shape index (κ2) is 7.43. The van der Waals surface area contributed by atoms with Crippen LogP contribution in [0.25, 0.3) is 43.0 Å². The Morgan fingerprint density at radius 1 is 1.19 bits per heavy atom. The molecular formula is C23H17ClFN3O3S. The minimum atomic E-state index is -0.566. The number of H-pyrrole nitrogens is 1. The van der Waals surface area contributed by atoms with Crippen molar-refractivity contribution in [2.24, 2.45) is 0 Å². The predicted molar refractivity (Wildman–Crippen MR) is 127 cm³/mol. The summed E-state index contributed by atoms with van der Waals surface area (Å²) in [5.74, 6) is -0.265. The van der Waals surface area contributed by atoms with Crippen LogP contribution in [0.5, 0.6) is 5.75 Å². The summed E-state index contributed by atoms with van der Waals surface area (Å²) in [5, 5.41) is 2.11. The maximum Gasteiger partial charge on any atom is 0.271 e. The maximum atomic E-state index is 15.5. The fourth-order valence-corrected chi connectivity index (χ4v) is 5.23. The molecule has 6 rings (SSSR count). The van der Waals surface area contributed by atoms with Gasteiger partial charge in [0, 0.05) is 23.8 Å². The Morgan fingerprint density at radius 2 is 2.00 bits per heavy atom. The molecule has 1 aliphatic rings. The van der Waals surface area contributed by atoms with Crippen molar-refractivity contribution in [1.29, 1.82) is 0 Å². The SMILES string of the molecule is COc1c(-c2ccc3cnccc3c2)c(F)cc2c(=O)c3c(=O)[nH]sc3n(C3CC3)c12.Cl. The zero-order valence-electron chi connectivity index (χ0n) is 16.8. The summed E-state index contributed by atoms with van der Waals surface area (Å²) in [5.41, 5.74) is 0.562. The van der Waals surface area contributed by atoms with E-state index in [4.69, 9.17) is 4.74 Å². The summed E-state index contributed by atoms with van der Waals surface area (Å²) in [7, 11) is 1.48. The van der Waals surface area contributed by atoms with E-state index in [2.05, 4.69) is 9.36 Å². The second-order valence-corrected chi connectivity index (χ2v) is 8.54. The number of ether oxygens (including phenoxy) is 1. The molecule has 162 valence electrons. The normalized spacial score (nSPS) is 13.6. The molecule has 5 aromatic rings. The van der Waals surface area contributed by atoms with Crippen LogP contribution in [-0.2, 0) is 0 Å². The smallest absolute Gasteiger partial charge is 0.271 e. The van der Waals surface area contributed by atoms with Gasteiger partial charge in [-0.1, -0.05) is 12.1 Å². The summed E-state index contributed by atoms with van der Waals surface area (Å²) in [6.45, 7) is 0. The van der Waals surface area contributed by atoms with Crippen molar-refractivity contribution in [3.63, 3.8) is 0 Å². The van der Waals surface area contributed by atoms with Crippen LogP contribution in [-0.4, -0.2) is 21.0 Å². The largest absolute Gasteiger partial charge is 0.494 e. The van der Waals surface area contributed by atoms with Crippen molar-refractivity contribution in [1.82, 2.24) is 13.9 Å². The molecule has 0 unspecified atom stereocenters. The molecule has 1 N–H and O–H groups in total. The molecule has 0 spiro atoms. The zero-order chi connectivity index (χ0) is 21.3. The lowest BCUT2D eigenvalue weighted by atomic mass is 9.98. The highest BCUT2D eigenvalue weighted by molar-refractivity contribution is 7.12. The van der Waals surface area contributed by atoms with E-state index in [1.807, 2.05) is 28.8 Å². The first-order valence-electron chi connectivity index (χ1n) is 9.88. The second-order valence-electron chi connectivity index (χ2n) is 7.74. The number of nitrogens with one attached hydrogen (secondary N) is 1. The number of halogens is 2. The van der Waals surface area contributed by atoms with Gasteiger partial charge in [0.1, 0.15) is 16.0 Å².